The number of halogens is 2. The molecule has 3 aromatic rings. The van der Waals surface area contributed by atoms with E-state index in [0.29, 0.717) is 0 Å². The Morgan fingerprint density at radius 1 is 0.938 bits per heavy atom. The average molecular weight is 459 g/mol. The van der Waals surface area contributed by atoms with Gasteiger partial charge in [0.2, 0.25) is 11.8 Å². The topological polar surface area (TPSA) is 64.7 Å². The monoisotopic (exact) mass is 458 g/mol. The van der Waals surface area contributed by atoms with Gasteiger partial charge in [-0.1, -0.05) is 18.2 Å². The quantitative estimate of drug-likeness (QED) is 0.571. The molecule has 1 saturated heterocycles. The molecule has 2 heterocycles. The van der Waals surface area contributed by atoms with E-state index >= 15 is 0 Å². The summed E-state index contributed by atoms with van der Waals surface area (Å²) in [6, 6.07) is 11.5. The average Bonchev–Trinajstić information content (AvgIpc) is 3.19. The van der Waals surface area contributed by atoms with E-state index in [1.807, 2.05) is 0 Å². The molecular formula is C23H24F2N4O2S. The number of thiophene rings is 1. The van der Waals surface area contributed by atoms with Crippen molar-refractivity contribution in [2.24, 2.45) is 0 Å². The van der Waals surface area contributed by atoms with Gasteiger partial charge in [0.15, 0.2) is 11.6 Å². The Morgan fingerprint density at radius 3 is 2.47 bits per heavy atom. The van der Waals surface area contributed by atoms with E-state index in [9.17, 15) is 18.4 Å². The maximum atomic E-state index is 13.2. The zero-order valence-corrected chi connectivity index (χ0v) is 18.3. The van der Waals surface area contributed by atoms with E-state index in [-0.39, 0.29) is 24.7 Å². The molecule has 0 atom stereocenters. The zero-order chi connectivity index (χ0) is 22.5. The zero-order valence-electron chi connectivity index (χ0n) is 17.4. The second kappa shape index (κ2) is 10.2. The predicted molar refractivity (Wildman–Crippen MR) is 122 cm³/mol. The molecular weight excluding hydrogens is 434 g/mol. The normalized spacial score (nSPS) is 15.1. The number of benzene rings is 2. The third kappa shape index (κ3) is 5.67. The molecule has 0 radical (unpaired) electrons. The van der Waals surface area contributed by atoms with Crippen molar-refractivity contribution in [3.8, 4) is 0 Å². The largest absolute Gasteiger partial charge is 0.346 e. The molecule has 1 aliphatic rings. The predicted octanol–water partition coefficient (Wildman–Crippen LogP) is 3.05. The molecule has 1 aromatic heterocycles. The summed E-state index contributed by atoms with van der Waals surface area (Å²) in [6.07, 6.45) is 0. The summed E-state index contributed by atoms with van der Waals surface area (Å²) >= 11 is 1.76. The van der Waals surface area contributed by atoms with Crippen LogP contribution in [0.15, 0.2) is 47.8 Å². The highest BCUT2D eigenvalue weighted by Gasteiger charge is 2.20. The lowest BCUT2D eigenvalue weighted by Crippen LogP contribution is -2.49. The summed E-state index contributed by atoms with van der Waals surface area (Å²) in [4.78, 5) is 28.6. The van der Waals surface area contributed by atoms with E-state index in [2.05, 4.69) is 50.1 Å². The second-order valence-electron chi connectivity index (χ2n) is 7.76. The fourth-order valence-corrected chi connectivity index (χ4v) is 4.67. The smallest absolute Gasteiger partial charge is 0.243 e. The highest BCUT2D eigenvalue weighted by molar-refractivity contribution is 7.17. The molecule has 32 heavy (non-hydrogen) atoms. The Labute approximate surface area is 188 Å². The van der Waals surface area contributed by atoms with Gasteiger partial charge in [-0.25, -0.2) is 8.78 Å². The van der Waals surface area contributed by atoms with Crippen molar-refractivity contribution in [1.29, 1.82) is 0 Å². The van der Waals surface area contributed by atoms with Crippen molar-refractivity contribution in [2.45, 2.75) is 6.54 Å². The van der Waals surface area contributed by atoms with Crippen molar-refractivity contribution < 1.29 is 18.4 Å². The van der Waals surface area contributed by atoms with Gasteiger partial charge in [-0.05, 0) is 34.5 Å². The van der Waals surface area contributed by atoms with Crippen LogP contribution >= 0.6 is 11.3 Å². The van der Waals surface area contributed by atoms with Crippen molar-refractivity contribution in [3.05, 3.63) is 65.0 Å². The van der Waals surface area contributed by atoms with Gasteiger partial charge in [-0.15, -0.1) is 11.3 Å². The minimum Gasteiger partial charge on any atom is -0.346 e. The number of amides is 2. The van der Waals surface area contributed by atoms with Crippen LogP contribution in [0.5, 0.6) is 0 Å². The molecule has 0 unspecified atom stereocenters. The standard InChI is InChI=1S/C23H24F2N4O2S/c24-19-6-5-17(11-20(19)25)27-22(30)12-26-23(31)14-29-9-7-28(8-10-29)13-16-15-32-21-4-2-1-3-18(16)21/h1-6,11,15H,7-10,12-14H2,(H,26,31)(H,27,30). The first-order valence-electron chi connectivity index (χ1n) is 10.4. The molecule has 6 nitrogen and oxygen atoms in total. The Hall–Kier alpha value is -2.88. The second-order valence-corrected chi connectivity index (χ2v) is 8.67. The van der Waals surface area contributed by atoms with Crippen molar-refractivity contribution in [2.75, 3.05) is 44.6 Å². The molecule has 4 rings (SSSR count). The molecule has 0 spiro atoms. The number of piperazine rings is 1. The number of carbonyl (C=O) groups excluding carboxylic acids is 2. The molecule has 1 fully saturated rings. The van der Waals surface area contributed by atoms with Gasteiger partial charge in [-0.3, -0.25) is 19.4 Å². The van der Waals surface area contributed by atoms with Gasteiger partial charge in [-0.2, -0.15) is 0 Å². The molecule has 0 bridgehead atoms. The van der Waals surface area contributed by atoms with Crippen LogP contribution in [0.25, 0.3) is 10.1 Å². The van der Waals surface area contributed by atoms with E-state index in [0.717, 1.165) is 44.9 Å². The van der Waals surface area contributed by atoms with Gasteiger partial charge < -0.3 is 10.6 Å². The van der Waals surface area contributed by atoms with Gasteiger partial charge in [0.25, 0.3) is 0 Å². The van der Waals surface area contributed by atoms with Crippen LogP contribution < -0.4 is 10.6 Å². The van der Waals surface area contributed by atoms with Gasteiger partial charge in [0, 0.05) is 49.2 Å². The Morgan fingerprint density at radius 2 is 1.69 bits per heavy atom. The molecule has 1 aliphatic heterocycles. The summed E-state index contributed by atoms with van der Waals surface area (Å²) in [5, 5.41) is 8.52. The molecule has 2 N–H and O–H groups in total. The number of nitrogens with one attached hydrogen (secondary N) is 2. The summed E-state index contributed by atoms with van der Waals surface area (Å²) in [5.41, 5.74) is 1.47. The number of rotatable bonds is 7. The van der Waals surface area contributed by atoms with Crippen LogP contribution in [0.4, 0.5) is 14.5 Å². The molecule has 2 aromatic carbocycles. The maximum Gasteiger partial charge on any atom is 0.243 e. The number of fused-ring (bicyclic) bond motifs is 1. The molecule has 2 amide bonds. The minimum absolute atomic E-state index is 0.137. The highest BCUT2D eigenvalue weighted by Crippen LogP contribution is 2.26. The number of anilines is 1. The van der Waals surface area contributed by atoms with Crippen LogP contribution in [0.2, 0.25) is 0 Å². The maximum absolute atomic E-state index is 13.2. The lowest BCUT2D eigenvalue weighted by atomic mass is 10.1. The van der Waals surface area contributed by atoms with Crippen LogP contribution in [-0.2, 0) is 16.1 Å². The van der Waals surface area contributed by atoms with E-state index in [4.69, 9.17) is 0 Å². The van der Waals surface area contributed by atoms with E-state index in [1.54, 1.807) is 11.3 Å². The molecule has 9 heteroatoms. The fraction of sp³-hybridized carbons (Fsp3) is 0.304. The third-order valence-corrected chi connectivity index (χ3v) is 6.45. The van der Waals surface area contributed by atoms with Gasteiger partial charge in [0.05, 0.1) is 13.1 Å². The first-order chi connectivity index (χ1) is 15.5. The van der Waals surface area contributed by atoms with E-state index in [1.165, 1.54) is 21.7 Å². The van der Waals surface area contributed by atoms with Gasteiger partial charge >= 0.3 is 0 Å². The van der Waals surface area contributed by atoms with Crippen LogP contribution in [-0.4, -0.2) is 60.9 Å². The molecule has 0 saturated carbocycles. The molecule has 0 aliphatic carbocycles. The van der Waals surface area contributed by atoms with Crippen molar-refractivity contribution in [1.82, 2.24) is 15.1 Å². The summed E-state index contributed by atoms with van der Waals surface area (Å²) < 4.78 is 27.4. The molecule has 168 valence electrons. The lowest BCUT2D eigenvalue weighted by Gasteiger charge is -2.34. The van der Waals surface area contributed by atoms with Crippen molar-refractivity contribution >= 4 is 38.9 Å². The lowest BCUT2D eigenvalue weighted by molar-refractivity contribution is -0.125. The first-order valence-corrected chi connectivity index (χ1v) is 11.3. The Bertz CT molecular complexity index is 1110. The summed E-state index contributed by atoms with van der Waals surface area (Å²) in [6.45, 7) is 4.17. The van der Waals surface area contributed by atoms with Crippen LogP contribution in [0, 0.1) is 11.6 Å². The number of nitrogens with zero attached hydrogens (tertiary/aromatic N) is 2. The van der Waals surface area contributed by atoms with Crippen molar-refractivity contribution in [3.63, 3.8) is 0 Å². The fourth-order valence-electron chi connectivity index (χ4n) is 3.72. The minimum atomic E-state index is -1.04. The summed E-state index contributed by atoms with van der Waals surface area (Å²) in [5.74, 6) is -2.78. The summed E-state index contributed by atoms with van der Waals surface area (Å²) in [7, 11) is 0. The number of carbonyl (C=O) groups is 2. The highest BCUT2D eigenvalue weighted by atomic mass is 32.1. The first kappa shape index (κ1) is 22.3. The van der Waals surface area contributed by atoms with Gasteiger partial charge in [0.1, 0.15) is 0 Å². The van der Waals surface area contributed by atoms with Crippen LogP contribution in [0.1, 0.15) is 5.56 Å². The van der Waals surface area contributed by atoms with E-state index < -0.39 is 17.5 Å². The third-order valence-electron chi connectivity index (χ3n) is 5.44. The Kier molecular flexibility index (Phi) is 7.09. The Balaban J connectivity index is 1.17. The SMILES string of the molecule is O=C(CN1CCN(Cc2csc3ccccc23)CC1)NCC(=O)Nc1ccc(F)c(F)c1. The number of hydrogen-bond donors (Lipinski definition) is 2. The van der Waals surface area contributed by atoms with Crippen LogP contribution in [0.3, 0.4) is 0 Å². The number of hydrogen-bond acceptors (Lipinski definition) is 5.